The summed E-state index contributed by atoms with van der Waals surface area (Å²) in [5.74, 6) is 0.922. The van der Waals surface area contributed by atoms with Gasteiger partial charge in [0.25, 0.3) is 0 Å². The minimum absolute atomic E-state index is 0.735. The molecule has 0 saturated heterocycles. The van der Waals surface area contributed by atoms with Gasteiger partial charge < -0.3 is 10.1 Å². The SMILES string of the molecule is CCC.CCNCc1ccc(Cn2cc(C)c(C)n2)c(OC)c1. The molecule has 0 atom stereocenters. The van der Waals surface area contributed by atoms with Gasteiger partial charge in [-0.2, -0.15) is 5.10 Å². The maximum atomic E-state index is 5.51. The van der Waals surface area contributed by atoms with Crippen LogP contribution in [0, 0.1) is 13.8 Å². The number of nitrogens with zero attached hydrogens (tertiary/aromatic N) is 2. The minimum Gasteiger partial charge on any atom is -0.496 e. The molecule has 0 spiro atoms. The van der Waals surface area contributed by atoms with Gasteiger partial charge in [0.15, 0.2) is 0 Å². The summed E-state index contributed by atoms with van der Waals surface area (Å²) in [7, 11) is 1.72. The predicted molar refractivity (Wildman–Crippen MR) is 97.1 cm³/mol. The summed E-state index contributed by atoms with van der Waals surface area (Å²) in [4.78, 5) is 0. The molecular weight excluding hydrogens is 286 g/mol. The Morgan fingerprint density at radius 3 is 2.39 bits per heavy atom. The van der Waals surface area contributed by atoms with E-state index in [2.05, 4.69) is 62.5 Å². The molecule has 0 aliphatic carbocycles. The molecule has 0 aliphatic heterocycles. The maximum Gasteiger partial charge on any atom is 0.124 e. The van der Waals surface area contributed by atoms with Gasteiger partial charge in [0.05, 0.1) is 19.3 Å². The van der Waals surface area contributed by atoms with Gasteiger partial charge in [-0.25, -0.2) is 0 Å². The lowest BCUT2D eigenvalue weighted by atomic mass is 10.1. The zero-order valence-electron chi connectivity index (χ0n) is 15.4. The largest absolute Gasteiger partial charge is 0.496 e. The normalized spacial score (nSPS) is 10.2. The van der Waals surface area contributed by atoms with Gasteiger partial charge in [0, 0.05) is 18.3 Å². The molecular formula is C19H31N3O. The van der Waals surface area contributed by atoms with Crippen molar-refractivity contribution in [2.75, 3.05) is 13.7 Å². The monoisotopic (exact) mass is 317 g/mol. The van der Waals surface area contributed by atoms with Gasteiger partial charge in [0.1, 0.15) is 5.75 Å². The van der Waals surface area contributed by atoms with Crippen molar-refractivity contribution in [3.63, 3.8) is 0 Å². The second-order valence-electron chi connectivity index (χ2n) is 5.73. The number of nitrogens with one attached hydrogen (secondary N) is 1. The first-order valence-corrected chi connectivity index (χ1v) is 8.42. The van der Waals surface area contributed by atoms with Gasteiger partial charge >= 0.3 is 0 Å². The number of rotatable bonds is 6. The van der Waals surface area contributed by atoms with Crippen LogP contribution in [0.5, 0.6) is 5.75 Å². The Labute approximate surface area is 140 Å². The Bertz CT molecular complexity index is 571. The predicted octanol–water partition coefficient (Wildman–Crippen LogP) is 4.08. The lowest BCUT2D eigenvalue weighted by Gasteiger charge is -2.11. The van der Waals surface area contributed by atoms with Crippen molar-refractivity contribution in [1.82, 2.24) is 15.1 Å². The van der Waals surface area contributed by atoms with Crippen molar-refractivity contribution in [1.29, 1.82) is 0 Å². The molecule has 128 valence electrons. The van der Waals surface area contributed by atoms with Crippen molar-refractivity contribution in [2.24, 2.45) is 0 Å². The van der Waals surface area contributed by atoms with Crippen LogP contribution in [0.15, 0.2) is 24.4 Å². The van der Waals surface area contributed by atoms with Crippen LogP contribution in [0.2, 0.25) is 0 Å². The molecule has 1 aromatic heterocycles. The molecule has 4 nitrogen and oxygen atoms in total. The Kier molecular flexibility index (Phi) is 8.41. The third-order valence-corrected chi connectivity index (χ3v) is 3.45. The molecule has 0 aliphatic rings. The van der Waals surface area contributed by atoms with E-state index in [4.69, 9.17) is 4.74 Å². The van der Waals surface area contributed by atoms with E-state index in [9.17, 15) is 0 Å². The summed E-state index contributed by atoms with van der Waals surface area (Å²) in [5.41, 5.74) is 4.68. The van der Waals surface area contributed by atoms with Gasteiger partial charge in [-0.1, -0.05) is 39.3 Å². The lowest BCUT2D eigenvalue weighted by Crippen LogP contribution is -2.12. The molecule has 23 heavy (non-hydrogen) atoms. The van der Waals surface area contributed by atoms with Crippen LogP contribution in [-0.2, 0) is 13.1 Å². The Hall–Kier alpha value is -1.81. The van der Waals surface area contributed by atoms with E-state index >= 15 is 0 Å². The van der Waals surface area contributed by atoms with E-state index in [0.717, 1.165) is 36.6 Å². The fourth-order valence-corrected chi connectivity index (χ4v) is 2.17. The summed E-state index contributed by atoms with van der Waals surface area (Å²) in [6.07, 6.45) is 3.32. The molecule has 0 radical (unpaired) electrons. The quantitative estimate of drug-likeness (QED) is 0.872. The molecule has 0 bridgehead atoms. The second-order valence-corrected chi connectivity index (χ2v) is 5.73. The van der Waals surface area contributed by atoms with E-state index in [0.29, 0.717) is 0 Å². The van der Waals surface area contributed by atoms with Crippen molar-refractivity contribution >= 4 is 0 Å². The first-order valence-electron chi connectivity index (χ1n) is 8.42. The van der Waals surface area contributed by atoms with Crippen molar-refractivity contribution < 1.29 is 4.74 Å². The number of benzene rings is 1. The molecule has 1 heterocycles. The van der Waals surface area contributed by atoms with Crippen molar-refractivity contribution in [2.45, 2.75) is 54.1 Å². The van der Waals surface area contributed by atoms with Crippen LogP contribution in [0.4, 0.5) is 0 Å². The number of hydrogen-bond acceptors (Lipinski definition) is 3. The Balaban J connectivity index is 0.000000816. The van der Waals surface area contributed by atoms with Crippen LogP contribution < -0.4 is 10.1 Å². The van der Waals surface area contributed by atoms with E-state index in [1.54, 1.807) is 7.11 Å². The molecule has 1 N–H and O–H groups in total. The molecule has 0 saturated carbocycles. The van der Waals surface area contributed by atoms with E-state index < -0.39 is 0 Å². The van der Waals surface area contributed by atoms with Crippen LogP contribution >= 0.6 is 0 Å². The van der Waals surface area contributed by atoms with Gasteiger partial charge in [-0.05, 0) is 37.6 Å². The highest BCUT2D eigenvalue weighted by Crippen LogP contribution is 2.21. The Morgan fingerprint density at radius 2 is 1.87 bits per heavy atom. The standard InChI is InChI=1S/C16H23N3O.C3H8/c1-5-17-9-14-6-7-15(16(8-14)20-4)11-19-10-12(2)13(3)18-19;1-3-2/h6-8,10,17H,5,9,11H2,1-4H3;3H2,1-2H3. The smallest absolute Gasteiger partial charge is 0.124 e. The van der Waals surface area contributed by atoms with E-state index in [1.165, 1.54) is 17.5 Å². The maximum absolute atomic E-state index is 5.51. The highest BCUT2D eigenvalue weighted by atomic mass is 16.5. The zero-order valence-corrected chi connectivity index (χ0v) is 15.4. The highest BCUT2D eigenvalue weighted by Gasteiger charge is 2.07. The molecule has 0 unspecified atom stereocenters. The average Bonchev–Trinajstić information content (AvgIpc) is 2.85. The number of aryl methyl sites for hydroxylation is 2. The van der Waals surface area contributed by atoms with Crippen LogP contribution in [0.1, 0.15) is 49.6 Å². The fraction of sp³-hybridized carbons (Fsp3) is 0.526. The van der Waals surface area contributed by atoms with Gasteiger partial charge in [-0.15, -0.1) is 0 Å². The summed E-state index contributed by atoms with van der Waals surface area (Å²) < 4.78 is 7.47. The summed E-state index contributed by atoms with van der Waals surface area (Å²) in [6.45, 7) is 13.0. The first-order chi connectivity index (χ1) is 11.0. The highest BCUT2D eigenvalue weighted by molar-refractivity contribution is 5.38. The van der Waals surface area contributed by atoms with Crippen molar-refractivity contribution in [3.8, 4) is 5.75 Å². The topological polar surface area (TPSA) is 39.1 Å². The molecule has 0 amide bonds. The number of methoxy groups -OCH3 is 1. The Morgan fingerprint density at radius 1 is 1.17 bits per heavy atom. The van der Waals surface area contributed by atoms with Gasteiger partial charge in [-0.3, -0.25) is 4.68 Å². The molecule has 2 aromatic rings. The van der Waals surface area contributed by atoms with E-state index in [-0.39, 0.29) is 0 Å². The molecule has 0 fully saturated rings. The average molecular weight is 317 g/mol. The number of hydrogen-bond donors (Lipinski definition) is 1. The third-order valence-electron chi connectivity index (χ3n) is 3.45. The number of ether oxygens (including phenoxy) is 1. The zero-order chi connectivity index (χ0) is 17.2. The lowest BCUT2D eigenvalue weighted by molar-refractivity contribution is 0.406. The molecule has 1 aromatic carbocycles. The fourth-order valence-electron chi connectivity index (χ4n) is 2.17. The second kappa shape index (κ2) is 10.1. The van der Waals surface area contributed by atoms with Crippen LogP contribution in [-0.4, -0.2) is 23.4 Å². The summed E-state index contributed by atoms with van der Waals surface area (Å²) in [5, 5.41) is 7.82. The van der Waals surface area contributed by atoms with Crippen LogP contribution in [0.25, 0.3) is 0 Å². The first kappa shape index (κ1) is 19.2. The third kappa shape index (κ3) is 6.06. The molecule has 4 heteroatoms. The minimum atomic E-state index is 0.735. The van der Waals surface area contributed by atoms with Crippen LogP contribution in [0.3, 0.4) is 0 Å². The number of aromatic nitrogens is 2. The molecule has 2 rings (SSSR count). The van der Waals surface area contributed by atoms with Crippen molar-refractivity contribution in [3.05, 3.63) is 46.8 Å². The summed E-state index contributed by atoms with van der Waals surface area (Å²) in [6, 6.07) is 6.36. The summed E-state index contributed by atoms with van der Waals surface area (Å²) >= 11 is 0. The van der Waals surface area contributed by atoms with E-state index in [1.807, 2.05) is 11.6 Å². The van der Waals surface area contributed by atoms with Gasteiger partial charge in [0.2, 0.25) is 0 Å².